The van der Waals surface area contributed by atoms with Gasteiger partial charge in [0.25, 0.3) is 5.91 Å². The van der Waals surface area contributed by atoms with Gasteiger partial charge >= 0.3 is 0 Å². The van der Waals surface area contributed by atoms with Crippen LogP contribution in [0.25, 0.3) is 5.69 Å². The quantitative estimate of drug-likeness (QED) is 0.737. The van der Waals surface area contributed by atoms with Gasteiger partial charge in [-0.15, -0.1) is 5.10 Å². The largest absolute Gasteiger partial charge is 0.366 e. The van der Waals surface area contributed by atoms with E-state index in [1.807, 2.05) is 18.2 Å². The first-order valence-electron chi connectivity index (χ1n) is 8.89. The van der Waals surface area contributed by atoms with Gasteiger partial charge in [-0.3, -0.25) is 9.59 Å². The summed E-state index contributed by atoms with van der Waals surface area (Å²) in [5, 5.41) is 5.01. The minimum atomic E-state index is -0.493. The van der Waals surface area contributed by atoms with E-state index in [4.69, 9.17) is 17.3 Å². The van der Waals surface area contributed by atoms with Crippen LogP contribution in [-0.4, -0.2) is 33.1 Å². The van der Waals surface area contributed by atoms with Crippen LogP contribution in [0.1, 0.15) is 38.8 Å². The van der Waals surface area contributed by atoms with Crippen LogP contribution in [0.2, 0.25) is 5.02 Å². The van der Waals surface area contributed by atoms with E-state index in [0.29, 0.717) is 35.1 Å². The molecule has 2 heterocycles. The molecule has 0 saturated carbocycles. The number of amides is 2. The van der Waals surface area contributed by atoms with Crippen LogP contribution in [0.15, 0.2) is 42.5 Å². The van der Waals surface area contributed by atoms with Gasteiger partial charge in [0, 0.05) is 22.8 Å². The van der Waals surface area contributed by atoms with E-state index < -0.39 is 5.91 Å². The van der Waals surface area contributed by atoms with Gasteiger partial charge in [0.05, 0.1) is 5.69 Å². The van der Waals surface area contributed by atoms with Crippen molar-refractivity contribution in [2.75, 3.05) is 11.4 Å². The summed E-state index contributed by atoms with van der Waals surface area (Å²) in [5.41, 5.74) is 8.19. The zero-order valence-electron chi connectivity index (χ0n) is 15.2. The molecule has 2 amide bonds. The topological polar surface area (TPSA) is 94.1 Å². The van der Waals surface area contributed by atoms with Gasteiger partial charge < -0.3 is 10.6 Å². The number of hydrogen-bond acceptors (Lipinski definition) is 4. The van der Waals surface area contributed by atoms with E-state index in [-0.39, 0.29) is 11.7 Å². The number of primary amides is 1. The molecule has 28 heavy (non-hydrogen) atoms. The Kier molecular flexibility index (Phi) is 4.60. The summed E-state index contributed by atoms with van der Waals surface area (Å²) < 4.78 is 1.61. The number of nitrogens with zero attached hydrogens (tertiary/aromatic N) is 4. The maximum Gasteiger partial charge on any atom is 0.297 e. The fourth-order valence-electron chi connectivity index (χ4n) is 3.49. The normalized spacial score (nSPS) is 13.3. The molecule has 0 fully saturated rings. The van der Waals surface area contributed by atoms with Gasteiger partial charge in [0.2, 0.25) is 11.7 Å². The lowest BCUT2D eigenvalue weighted by Crippen LogP contribution is -2.37. The summed E-state index contributed by atoms with van der Waals surface area (Å²) in [6.07, 6.45) is 1.43. The molecule has 0 atom stereocenters. The summed E-state index contributed by atoms with van der Waals surface area (Å²) in [6, 6.07) is 12.4. The zero-order valence-corrected chi connectivity index (χ0v) is 16.0. The first kappa shape index (κ1) is 18.2. The molecule has 1 aliphatic rings. The predicted molar refractivity (Wildman–Crippen MR) is 106 cm³/mol. The van der Waals surface area contributed by atoms with Crippen LogP contribution in [0.3, 0.4) is 0 Å². The van der Waals surface area contributed by atoms with Crippen molar-refractivity contribution in [3.05, 3.63) is 70.3 Å². The highest BCUT2D eigenvalue weighted by Crippen LogP contribution is 2.30. The SMILES string of the molecule is Cc1nc(C(=O)N2CCCc3c(C(N)=O)cccc32)nn1-c1ccc(Cl)cc1. The van der Waals surface area contributed by atoms with Crippen molar-refractivity contribution in [2.45, 2.75) is 19.8 Å². The second-order valence-electron chi connectivity index (χ2n) is 6.60. The third kappa shape index (κ3) is 3.14. The Hall–Kier alpha value is -3.19. The molecular formula is C20H18ClN5O2. The number of nitrogens with two attached hydrogens (primary N) is 1. The first-order valence-corrected chi connectivity index (χ1v) is 9.26. The van der Waals surface area contributed by atoms with E-state index in [9.17, 15) is 9.59 Å². The summed E-state index contributed by atoms with van der Waals surface area (Å²) in [5.74, 6) is -0.107. The van der Waals surface area contributed by atoms with Crippen molar-refractivity contribution < 1.29 is 9.59 Å². The van der Waals surface area contributed by atoms with Gasteiger partial charge in [0.1, 0.15) is 5.82 Å². The highest BCUT2D eigenvalue weighted by atomic mass is 35.5. The maximum absolute atomic E-state index is 13.1. The van der Waals surface area contributed by atoms with Crippen LogP contribution < -0.4 is 10.6 Å². The number of hydrogen-bond donors (Lipinski definition) is 1. The number of benzene rings is 2. The molecule has 0 radical (unpaired) electrons. The molecule has 3 aromatic rings. The third-order valence-electron chi connectivity index (χ3n) is 4.79. The number of carbonyl (C=O) groups is 2. The first-order chi connectivity index (χ1) is 13.5. The summed E-state index contributed by atoms with van der Waals surface area (Å²) >= 11 is 5.94. The van der Waals surface area contributed by atoms with Crippen LogP contribution in [0.5, 0.6) is 0 Å². The average molecular weight is 396 g/mol. The number of anilines is 1. The summed E-state index contributed by atoms with van der Waals surface area (Å²) in [4.78, 5) is 30.8. The molecule has 1 aromatic heterocycles. The van der Waals surface area contributed by atoms with Crippen LogP contribution >= 0.6 is 11.6 Å². The number of carbonyl (C=O) groups excluding carboxylic acids is 2. The molecule has 0 spiro atoms. The summed E-state index contributed by atoms with van der Waals surface area (Å²) in [7, 11) is 0. The van der Waals surface area contributed by atoms with Crippen molar-refractivity contribution in [3.63, 3.8) is 0 Å². The van der Waals surface area contributed by atoms with Crippen LogP contribution in [-0.2, 0) is 6.42 Å². The second-order valence-corrected chi connectivity index (χ2v) is 7.04. The van der Waals surface area contributed by atoms with E-state index >= 15 is 0 Å². The van der Waals surface area contributed by atoms with Crippen molar-refractivity contribution in [3.8, 4) is 5.69 Å². The Bertz CT molecular complexity index is 1070. The summed E-state index contributed by atoms with van der Waals surface area (Å²) in [6.45, 7) is 2.32. The Morgan fingerprint density at radius 2 is 1.89 bits per heavy atom. The molecule has 0 aliphatic carbocycles. The van der Waals surface area contributed by atoms with E-state index in [2.05, 4.69) is 10.1 Å². The zero-order chi connectivity index (χ0) is 19.8. The number of fused-ring (bicyclic) bond motifs is 1. The Labute approximate surface area is 166 Å². The molecule has 2 aromatic carbocycles. The van der Waals surface area contributed by atoms with Crippen molar-refractivity contribution >= 4 is 29.1 Å². The molecule has 0 saturated heterocycles. The molecular weight excluding hydrogens is 378 g/mol. The predicted octanol–water partition coefficient (Wildman–Crippen LogP) is 2.92. The molecule has 0 unspecified atom stereocenters. The number of aryl methyl sites for hydroxylation is 1. The fraction of sp³-hybridized carbons (Fsp3) is 0.200. The minimum Gasteiger partial charge on any atom is -0.366 e. The minimum absolute atomic E-state index is 0.102. The monoisotopic (exact) mass is 395 g/mol. The molecule has 0 bridgehead atoms. The standard InChI is InChI=1S/C20H18ClN5O2/c1-12-23-19(24-26(12)14-9-7-13(21)8-10-14)20(28)25-11-3-5-15-16(18(22)27)4-2-6-17(15)25/h2,4,6-10H,3,5,11H2,1H3,(H2,22,27). The molecule has 8 heteroatoms. The lowest BCUT2D eigenvalue weighted by atomic mass is 9.96. The van der Waals surface area contributed by atoms with Gasteiger partial charge in [-0.25, -0.2) is 9.67 Å². The Morgan fingerprint density at radius 1 is 1.14 bits per heavy atom. The second kappa shape index (κ2) is 7.09. The fourth-order valence-corrected chi connectivity index (χ4v) is 3.62. The highest BCUT2D eigenvalue weighted by Gasteiger charge is 2.29. The van der Waals surface area contributed by atoms with Gasteiger partial charge in [-0.1, -0.05) is 17.7 Å². The molecule has 4 rings (SSSR count). The van der Waals surface area contributed by atoms with Crippen molar-refractivity contribution in [2.24, 2.45) is 5.73 Å². The van der Waals surface area contributed by atoms with E-state index in [1.54, 1.807) is 40.8 Å². The molecule has 1 aliphatic heterocycles. The number of halogens is 1. The molecule has 7 nitrogen and oxygen atoms in total. The van der Waals surface area contributed by atoms with Gasteiger partial charge in [-0.2, -0.15) is 0 Å². The molecule has 142 valence electrons. The van der Waals surface area contributed by atoms with E-state index in [0.717, 1.165) is 17.7 Å². The van der Waals surface area contributed by atoms with Gasteiger partial charge in [0.15, 0.2) is 0 Å². The lowest BCUT2D eigenvalue weighted by molar-refractivity contribution is 0.0969. The maximum atomic E-state index is 13.1. The van der Waals surface area contributed by atoms with Crippen molar-refractivity contribution in [1.29, 1.82) is 0 Å². The lowest BCUT2D eigenvalue weighted by Gasteiger charge is -2.29. The smallest absolute Gasteiger partial charge is 0.297 e. The third-order valence-corrected chi connectivity index (χ3v) is 5.04. The van der Waals surface area contributed by atoms with Crippen LogP contribution in [0.4, 0.5) is 5.69 Å². The Balaban J connectivity index is 1.70. The molecule has 2 N–H and O–H groups in total. The van der Waals surface area contributed by atoms with Crippen LogP contribution in [0, 0.1) is 6.92 Å². The highest BCUT2D eigenvalue weighted by molar-refractivity contribution is 6.30. The number of aromatic nitrogens is 3. The van der Waals surface area contributed by atoms with Crippen molar-refractivity contribution in [1.82, 2.24) is 14.8 Å². The van der Waals surface area contributed by atoms with E-state index in [1.165, 1.54) is 0 Å². The number of rotatable bonds is 3. The average Bonchev–Trinajstić information content (AvgIpc) is 3.08. The Morgan fingerprint density at radius 3 is 2.61 bits per heavy atom. The van der Waals surface area contributed by atoms with Gasteiger partial charge in [-0.05, 0) is 61.7 Å².